The highest BCUT2D eigenvalue weighted by molar-refractivity contribution is 7.89. The summed E-state index contributed by atoms with van der Waals surface area (Å²) in [7, 11) is -0.681. The minimum Gasteiger partial charge on any atom is -0.497 e. The van der Waals surface area contributed by atoms with Crippen molar-refractivity contribution < 1.29 is 27.5 Å². The zero-order chi connectivity index (χ0) is 28.1. The number of esters is 1. The van der Waals surface area contributed by atoms with Crippen molar-refractivity contribution >= 4 is 32.8 Å². The first-order chi connectivity index (χ1) is 18.5. The Morgan fingerprint density at radius 1 is 1.05 bits per heavy atom. The number of nitrogens with one attached hydrogen (secondary N) is 1. The average Bonchev–Trinajstić information content (AvgIpc) is 3.19. The largest absolute Gasteiger partial charge is 0.497 e. The number of rotatable bonds is 5. The highest BCUT2D eigenvalue weighted by atomic mass is 32.2. The number of aromatic nitrogens is 1. The molecule has 2 heterocycles. The van der Waals surface area contributed by atoms with Crippen molar-refractivity contribution in [2.45, 2.75) is 64.3 Å². The number of sulfonamides is 1. The lowest BCUT2D eigenvalue weighted by Gasteiger charge is -2.32. The summed E-state index contributed by atoms with van der Waals surface area (Å²) in [5, 5.41) is 1.02. The highest BCUT2D eigenvalue weighted by Crippen LogP contribution is 2.52. The van der Waals surface area contributed by atoms with E-state index in [1.54, 1.807) is 19.2 Å². The lowest BCUT2D eigenvalue weighted by molar-refractivity contribution is -0.153. The van der Waals surface area contributed by atoms with Crippen molar-refractivity contribution in [3.63, 3.8) is 0 Å². The monoisotopic (exact) mass is 552 g/mol. The second-order valence-corrected chi connectivity index (χ2v) is 13.0. The maximum Gasteiger partial charge on any atom is 0.313 e. The van der Waals surface area contributed by atoms with Gasteiger partial charge in [-0.05, 0) is 73.1 Å². The van der Waals surface area contributed by atoms with Crippen LogP contribution in [-0.2, 0) is 26.1 Å². The van der Waals surface area contributed by atoms with Crippen LogP contribution in [0.1, 0.15) is 79.3 Å². The summed E-state index contributed by atoms with van der Waals surface area (Å²) in [4.78, 5) is 26.3. The van der Waals surface area contributed by atoms with Gasteiger partial charge < -0.3 is 14.0 Å². The minimum atomic E-state index is -3.73. The Balaban J connectivity index is 1.85. The lowest BCUT2D eigenvalue weighted by atomic mass is 9.73. The number of amides is 1. The summed E-state index contributed by atoms with van der Waals surface area (Å²) in [6.07, 6.45) is 6.61. The van der Waals surface area contributed by atoms with Gasteiger partial charge in [-0.3, -0.25) is 9.59 Å². The van der Waals surface area contributed by atoms with E-state index in [0.717, 1.165) is 65.4 Å². The number of carbonyl (C=O) groups excluding carboxylic acids is 2. The standard InChI is InChI=1S/C30H36N2O6S/c1-18-24-16-21(37-3)12-14-22(24)27-26(19-9-7-6-8-10-19)23-13-11-20(28(33)31-39(5,35)36)15-25(23)32(27)17-30(18,2)29(34)38-4/h11-16,18-19H,6-10,17H2,1-5H3,(H,31,33). The molecule has 0 bridgehead atoms. The Hall–Kier alpha value is -3.33. The van der Waals surface area contributed by atoms with Crippen LogP contribution in [0.5, 0.6) is 5.75 Å². The summed E-state index contributed by atoms with van der Waals surface area (Å²) in [6, 6.07) is 11.4. The predicted molar refractivity (Wildman–Crippen MR) is 151 cm³/mol. The number of hydrogen-bond donors (Lipinski definition) is 1. The van der Waals surface area contributed by atoms with Crippen LogP contribution < -0.4 is 9.46 Å². The third-order valence-corrected chi connectivity index (χ3v) is 9.29. The number of hydrogen-bond acceptors (Lipinski definition) is 6. The number of nitrogens with zero attached hydrogens (tertiary/aromatic N) is 1. The van der Waals surface area contributed by atoms with Gasteiger partial charge in [-0.1, -0.05) is 32.3 Å². The van der Waals surface area contributed by atoms with Gasteiger partial charge in [0, 0.05) is 28.6 Å². The third-order valence-electron chi connectivity index (χ3n) is 8.73. The molecule has 1 aromatic heterocycles. The van der Waals surface area contributed by atoms with E-state index in [9.17, 15) is 18.0 Å². The fourth-order valence-electron chi connectivity index (χ4n) is 6.53. The van der Waals surface area contributed by atoms with Gasteiger partial charge in [0.15, 0.2) is 0 Å². The van der Waals surface area contributed by atoms with Crippen LogP contribution in [-0.4, -0.2) is 45.3 Å². The van der Waals surface area contributed by atoms with Gasteiger partial charge in [0.05, 0.1) is 31.6 Å². The molecule has 39 heavy (non-hydrogen) atoms. The molecule has 8 nitrogen and oxygen atoms in total. The zero-order valence-corrected chi connectivity index (χ0v) is 24.0. The van der Waals surface area contributed by atoms with Gasteiger partial charge in [-0.25, -0.2) is 13.1 Å². The molecule has 1 aliphatic heterocycles. The lowest BCUT2D eigenvalue weighted by Crippen LogP contribution is -2.37. The Kier molecular flexibility index (Phi) is 6.99. The van der Waals surface area contributed by atoms with Crippen LogP contribution in [0.4, 0.5) is 0 Å². The molecule has 1 aliphatic carbocycles. The molecule has 0 saturated heterocycles. The number of carbonyl (C=O) groups is 2. The second-order valence-electron chi connectivity index (χ2n) is 11.2. The molecule has 0 radical (unpaired) electrons. The van der Waals surface area contributed by atoms with Gasteiger partial charge >= 0.3 is 5.97 Å². The van der Waals surface area contributed by atoms with E-state index in [-0.39, 0.29) is 17.5 Å². The van der Waals surface area contributed by atoms with Gasteiger partial charge in [0.2, 0.25) is 10.0 Å². The zero-order valence-electron chi connectivity index (χ0n) is 23.2. The topological polar surface area (TPSA) is 104 Å². The number of ether oxygens (including phenoxy) is 2. The molecular formula is C30H36N2O6S. The summed E-state index contributed by atoms with van der Waals surface area (Å²) in [5.41, 5.74) is 4.46. The molecule has 2 aliphatic rings. The minimum absolute atomic E-state index is 0.194. The molecule has 1 saturated carbocycles. The van der Waals surface area contributed by atoms with Crippen molar-refractivity contribution in [2.24, 2.45) is 5.41 Å². The molecule has 9 heteroatoms. The van der Waals surface area contributed by atoms with Crippen LogP contribution in [0.2, 0.25) is 0 Å². The second kappa shape index (κ2) is 10.0. The first-order valence-electron chi connectivity index (χ1n) is 13.4. The molecule has 3 aromatic rings. The van der Waals surface area contributed by atoms with Crippen molar-refractivity contribution in [3.8, 4) is 17.0 Å². The average molecular weight is 553 g/mol. The summed E-state index contributed by atoms with van der Waals surface area (Å²) in [5.74, 6) is -0.140. The molecule has 2 unspecified atom stereocenters. The number of fused-ring (bicyclic) bond motifs is 5. The maximum atomic E-state index is 13.4. The van der Waals surface area contributed by atoms with Crippen molar-refractivity contribution in [2.75, 3.05) is 20.5 Å². The van der Waals surface area contributed by atoms with E-state index in [1.807, 2.05) is 25.1 Å². The fourth-order valence-corrected chi connectivity index (χ4v) is 6.98. The van der Waals surface area contributed by atoms with Crippen LogP contribution in [0, 0.1) is 5.41 Å². The summed E-state index contributed by atoms with van der Waals surface area (Å²) in [6.45, 7) is 4.32. The van der Waals surface area contributed by atoms with Crippen LogP contribution in [0.15, 0.2) is 36.4 Å². The first kappa shape index (κ1) is 27.2. The van der Waals surface area contributed by atoms with E-state index in [4.69, 9.17) is 9.47 Å². The van der Waals surface area contributed by atoms with E-state index in [1.165, 1.54) is 19.1 Å². The quantitative estimate of drug-likeness (QED) is 0.428. The van der Waals surface area contributed by atoms with Gasteiger partial charge in [0.1, 0.15) is 5.75 Å². The Morgan fingerprint density at radius 2 is 1.77 bits per heavy atom. The Morgan fingerprint density at radius 3 is 2.41 bits per heavy atom. The van der Waals surface area contributed by atoms with Gasteiger partial charge in [-0.15, -0.1) is 0 Å². The molecule has 1 fully saturated rings. The van der Waals surface area contributed by atoms with Crippen LogP contribution in [0.3, 0.4) is 0 Å². The van der Waals surface area contributed by atoms with Crippen molar-refractivity contribution in [3.05, 3.63) is 53.1 Å². The van der Waals surface area contributed by atoms with Crippen molar-refractivity contribution in [1.82, 2.24) is 9.29 Å². The normalized spacial score (nSPS) is 21.5. The third kappa shape index (κ3) is 4.71. The molecule has 1 amide bonds. The molecule has 0 spiro atoms. The Bertz CT molecular complexity index is 1570. The highest BCUT2D eigenvalue weighted by Gasteiger charge is 2.46. The summed E-state index contributed by atoms with van der Waals surface area (Å²) >= 11 is 0. The number of benzene rings is 2. The van der Waals surface area contributed by atoms with Crippen molar-refractivity contribution in [1.29, 1.82) is 0 Å². The van der Waals surface area contributed by atoms with Gasteiger partial charge in [-0.2, -0.15) is 0 Å². The molecule has 208 valence electrons. The first-order valence-corrected chi connectivity index (χ1v) is 15.3. The number of methoxy groups -OCH3 is 2. The predicted octanol–water partition coefficient (Wildman–Crippen LogP) is 5.35. The van der Waals surface area contributed by atoms with E-state index in [2.05, 4.69) is 22.3 Å². The van der Waals surface area contributed by atoms with E-state index in [0.29, 0.717) is 12.5 Å². The summed E-state index contributed by atoms with van der Waals surface area (Å²) < 4.78 is 38.7. The fraction of sp³-hybridized carbons (Fsp3) is 0.467. The molecular weight excluding hydrogens is 516 g/mol. The maximum absolute atomic E-state index is 13.4. The van der Waals surface area contributed by atoms with Gasteiger partial charge in [0.25, 0.3) is 5.91 Å². The van der Waals surface area contributed by atoms with Crippen LogP contribution >= 0.6 is 0 Å². The van der Waals surface area contributed by atoms with Crippen LogP contribution in [0.25, 0.3) is 22.2 Å². The smallest absolute Gasteiger partial charge is 0.313 e. The molecule has 2 aromatic carbocycles. The molecule has 1 N–H and O–H groups in total. The molecule has 5 rings (SSSR count). The van der Waals surface area contributed by atoms with E-state index < -0.39 is 21.3 Å². The Labute approximate surface area is 229 Å². The molecule has 2 atom stereocenters. The SMILES string of the molecule is COC(=O)C1(C)Cn2c(c(C3CCCCC3)c3ccc(C(=O)NS(C)(=O)=O)cc32)-c2ccc(OC)cc2C1C. The van der Waals surface area contributed by atoms with E-state index >= 15 is 0 Å².